The molecular weight excluding hydrogens is 238 g/mol. The number of hydrogen-bond donors (Lipinski definition) is 1. The summed E-state index contributed by atoms with van der Waals surface area (Å²) >= 11 is 5.95. The van der Waals surface area contributed by atoms with Gasteiger partial charge < -0.3 is 14.8 Å². The molecule has 0 atom stereocenters. The maximum atomic E-state index is 5.95. The molecule has 0 radical (unpaired) electrons. The van der Waals surface area contributed by atoms with Crippen molar-refractivity contribution in [2.75, 3.05) is 26.1 Å². The largest absolute Gasteiger partial charge is 0.495 e. The summed E-state index contributed by atoms with van der Waals surface area (Å²) in [4.78, 5) is 0. The van der Waals surface area contributed by atoms with E-state index in [2.05, 4.69) is 19.2 Å². The third kappa shape index (κ3) is 4.44. The molecule has 1 N–H and O–H groups in total. The molecule has 0 heterocycles. The first-order valence-corrected chi connectivity index (χ1v) is 5.99. The first-order chi connectivity index (χ1) is 7.98. The molecule has 0 saturated heterocycles. The van der Waals surface area contributed by atoms with E-state index < -0.39 is 0 Å². The summed E-state index contributed by atoms with van der Waals surface area (Å²) in [6.07, 6.45) is 0.902. The summed E-state index contributed by atoms with van der Waals surface area (Å²) in [6, 6.07) is 5.52. The highest BCUT2D eigenvalue weighted by atomic mass is 35.5. The molecule has 4 heteroatoms. The van der Waals surface area contributed by atoms with Crippen molar-refractivity contribution in [1.82, 2.24) is 0 Å². The van der Waals surface area contributed by atoms with Crippen LogP contribution < -0.4 is 10.1 Å². The number of rotatable bonds is 6. The maximum Gasteiger partial charge on any atom is 0.142 e. The van der Waals surface area contributed by atoms with Crippen LogP contribution >= 0.6 is 11.6 Å². The Balaban J connectivity index is 2.59. The number of methoxy groups -OCH3 is 2. The van der Waals surface area contributed by atoms with Gasteiger partial charge in [-0.05, 0) is 38.5 Å². The van der Waals surface area contributed by atoms with Crippen molar-refractivity contribution in [3.8, 4) is 5.75 Å². The van der Waals surface area contributed by atoms with E-state index in [4.69, 9.17) is 21.1 Å². The van der Waals surface area contributed by atoms with Crippen molar-refractivity contribution in [3.05, 3.63) is 23.2 Å². The molecule has 0 fully saturated rings. The molecule has 0 saturated carbocycles. The first-order valence-electron chi connectivity index (χ1n) is 5.61. The molecule has 0 amide bonds. The second kappa shape index (κ2) is 6.12. The summed E-state index contributed by atoms with van der Waals surface area (Å²) in [5.74, 6) is 0.796. The highest BCUT2D eigenvalue weighted by Crippen LogP contribution is 2.27. The number of halogens is 1. The van der Waals surface area contributed by atoms with Gasteiger partial charge in [0.05, 0.1) is 18.4 Å². The molecule has 0 bridgehead atoms. The summed E-state index contributed by atoms with van der Waals surface area (Å²) in [7, 11) is 3.37. The van der Waals surface area contributed by atoms with Gasteiger partial charge in [-0.2, -0.15) is 0 Å². The highest BCUT2D eigenvalue weighted by molar-refractivity contribution is 6.30. The van der Waals surface area contributed by atoms with Gasteiger partial charge in [-0.25, -0.2) is 0 Å². The Morgan fingerprint density at radius 2 is 2.00 bits per heavy atom. The number of benzene rings is 1. The average molecular weight is 258 g/mol. The van der Waals surface area contributed by atoms with Gasteiger partial charge in [0.15, 0.2) is 0 Å². The summed E-state index contributed by atoms with van der Waals surface area (Å²) in [6.45, 7) is 4.92. The molecule has 17 heavy (non-hydrogen) atoms. The number of ether oxygens (including phenoxy) is 2. The lowest BCUT2D eigenvalue weighted by Gasteiger charge is -2.23. The Morgan fingerprint density at radius 3 is 2.59 bits per heavy atom. The van der Waals surface area contributed by atoms with Crippen molar-refractivity contribution in [1.29, 1.82) is 0 Å². The van der Waals surface area contributed by atoms with Crippen LogP contribution in [0.15, 0.2) is 18.2 Å². The van der Waals surface area contributed by atoms with Gasteiger partial charge in [0.2, 0.25) is 0 Å². The molecule has 0 aliphatic carbocycles. The predicted octanol–water partition coefficient (Wildman–Crippen LogP) is 3.58. The van der Waals surface area contributed by atoms with Gasteiger partial charge in [-0.3, -0.25) is 0 Å². The summed E-state index contributed by atoms with van der Waals surface area (Å²) in [5, 5.41) is 4.00. The van der Waals surface area contributed by atoms with Gasteiger partial charge in [-0.1, -0.05) is 11.6 Å². The zero-order valence-corrected chi connectivity index (χ0v) is 11.6. The molecule has 3 nitrogen and oxygen atoms in total. The molecular formula is C13H20ClNO2. The molecule has 1 aromatic carbocycles. The fourth-order valence-electron chi connectivity index (χ4n) is 1.42. The Labute approximate surface area is 108 Å². The zero-order chi connectivity index (χ0) is 12.9. The normalized spacial score (nSPS) is 11.4. The van der Waals surface area contributed by atoms with E-state index in [1.807, 2.05) is 18.2 Å². The topological polar surface area (TPSA) is 30.5 Å². The zero-order valence-electron chi connectivity index (χ0n) is 10.8. The molecule has 0 aromatic heterocycles. The first kappa shape index (κ1) is 14.1. The lowest BCUT2D eigenvalue weighted by molar-refractivity contribution is 0.0185. The predicted molar refractivity (Wildman–Crippen MR) is 72.2 cm³/mol. The fraction of sp³-hybridized carbons (Fsp3) is 0.538. The van der Waals surface area contributed by atoms with Crippen LogP contribution in [0.1, 0.15) is 20.3 Å². The fourth-order valence-corrected chi connectivity index (χ4v) is 1.59. The van der Waals surface area contributed by atoms with Crippen molar-refractivity contribution in [2.24, 2.45) is 0 Å². The van der Waals surface area contributed by atoms with Gasteiger partial charge in [0, 0.05) is 18.7 Å². The molecule has 1 aromatic rings. The summed E-state index contributed by atoms with van der Waals surface area (Å²) in [5.41, 5.74) is 0.783. The quantitative estimate of drug-likeness (QED) is 0.845. The Morgan fingerprint density at radius 1 is 1.29 bits per heavy atom. The van der Waals surface area contributed by atoms with Crippen LogP contribution in [0.25, 0.3) is 0 Å². The lowest BCUT2D eigenvalue weighted by atomic mass is 10.1. The Bertz CT molecular complexity index is 366. The van der Waals surface area contributed by atoms with Crippen molar-refractivity contribution < 1.29 is 9.47 Å². The Kier molecular flexibility index (Phi) is 5.09. The third-order valence-electron chi connectivity index (χ3n) is 2.76. The highest BCUT2D eigenvalue weighted by Gasteiger charge is 2.15. The van der Waals surface area contributed by atoms with Crippen LogP contribution in [0.3, 0.4) is 0 Å². The smallest absolute Gasteiger partial charge is 0.142 e. The molecule has 0 unspecified atom stereocenters. The van der Waals surface area contributed by atoms with E-state index in [0.717, 1.165) is 24.4 Å². The third-order valence-corrected chi connectivity index (χ3v) is 2.99. The number of anilines is 1. The second-order valence-corrected chi connectivity index (χ2v) is 4.92. The molecule has 96 valence electrons. The molecule has 0 spiro atoms. The molecule has 1 rings (SSSR count). The standard InChI is InChI=1S/C13H20ClNO2/c1-13(2,17-4)7-8-15-11-9-10(14)5-6-12(11)16-3/h5-6,9,15H,7-8H2,1-4H3. The van der Waals surface area contributed by atoms with E-state index in [1.54, 1.807) is 14.2 Å². The van der Waals surface area contributed by atoms with Gasteiger partial charge in [0.25, 0.3) is 0 Å². The average Bonchev–Trinajstić information content (AvgIpc) is 2.29. The van der Waals surface area contributed by atoms with E-state index in [-0.39, 0.29) is 5.60 Å². The molecule has 0 aliphatic rings. The van der Waals surface area contributed by atoms with Crippen molar-refractivity contribution >= 4 is 17.3 Å². The van der Waals surface area contributed by atoms with Gasteiger partial charge in [-0.15, -0.1) is 0 Å². The van der Waals surface area contributed by atoms with Gasteiger partial charge >= 0.3 is 0 Å². The summed E-state index contributed by atoms with van der Waals surface area (Å²) < 4.78 is 10.6. The van der Waals surface area contributed by atoms with Crippen LogP contribution in [0.2, 0.25) is 5.02 Å². The number of hydrogen-bond acceptors (Lipinski definition) is 3. The van der Waals surface area contributed by atoms with Crippen LogP contribution in [0.4, 0.5) is 5.69 Å². The van der Waals surface area contributed by atoms with Crippen LogP contribution in [-0.4, -0.2) is 26.4 Å². The van der Waals surface area contributed by atoms with E-state index in [0.29, 0.717) is 5.02 Å². The minimum Gasteiger partial charge on any atom is -0.495 e. The Hall–Kier alpha value is -0.930. The van der Waals surface area contributed by atoms with Crippen molar-refractivity contribution in [2.45, 2.75) is 25.9 Å². The van der Waals surface area contributed by atoms with Crippen LogP contribution in [-0.2, 0) is 4.74 Å². The monoisotopic (exact) mass is 257 g/mol. The minimum absolute atomic E-state index is 0.126. The second-order valence-electron chi connectivity index (χ2n) is 4.49. The van der Waals surface area contributed by atoms with Crippen LogP contribution in [0, 0.1) is 0 Å². The van der Waals surface area contributed by atoms with Gasteiger partial charge in [0.1, 0.15) is 5.75 Å². The van der Waals surface area contributed by atoms with Crippen LogP contribution in [0.5, 0.6) is 5.75 Å². The maximum absolute atomic E-state index is 5.95. The van der Waals surface area contributed by atoms with E-state index in [1.165, 1.54) is 0 Å². The minimum atomic E-state index is -0.126. The number of nitrogens with one attached hydrogen (secondary N) is 1. The van der Waals surface area contributed by atoms with E-state index in [9.17, 15) is 0 Å². The molecule has 0 aliphatic heterocycles. The van der Waals surface area contributed by atoms with Crippen molar-refractivity contribution in [3.63, 3.8) is 0 Å². The SMILES string of the molecule is COc1ccc(Cl)cc1NCCC(C)(C)OC. The lowest BCUT2D eigenvalue weighted by Crippen LogP contribution is -2.25. The van der Waals surface area contributed by atoms with E-state index >= 15 is 0 Å².